The Morgan fingerprint density at radius 2 is 2.00 bits per heavy atom. The van der Waals surface area contributed by atoms with E-state index in [2.05, 4.69) is 4.72 Å². The lowest BCUT2D eigenvalue weighted by Gasteiger charge is -2.26. The van der Waals surface area contributed by atoms with Crippen LogP contribution < -0.4 is 15.2 Å². The van der Waals surface area contributed by atoms with Crippen LogP contribution in [0.2, 0.25) is 0 Å². The maximum atomic E-state index is 12.3. The molecule has 7 heteroatoms. The van der Waals surface area contributed by atoms with Gasteiger partial charge in [0.15, 0.2) is 0 Å². The van der Waals surface area contributed by atoms with E-state index >= 15 is 0 Å². The zero-order valence-corrected chi connectivity index (χ0v) is 13.2. The first-order chi connectivity index (χ1) is 10.1. The second-order valence-corrected chi connectivity index (χ2v) is 6.70. The molecule has 21 heavy (non-hydrogen) atoms. The zero-order chi connectivity index (χ0) is 15.3. The van der Waals surface area contributed by atoms with Crippen molar-refractivity contribution >= 4 is 15.9 Å². The molecule has 1 heterocycles. The summed E-state index contributed by atoms with van der Waals surface area (Å²) in [6.07, 6.45) is 2.92. The number of ether oxygens (including phenoxy) is 1. The predicted octanol–water partition coefficient (Wildman–Crippen LogP) is 1.69. The van der Waals surface area contributed by atoms with E-state index in [1.54, 1.807) is 18.2 Å². The third-order valence-corrected chi connectivity index (χ3v) is 5.02. The van der Waals surface area contributed by atoms with Crippen molar-refractivity contribution < 1.29 is 13.2 Å². The number of hydrogen-bond acceptors (Lipinski definition) is 4. The van der Waals surface area contributed by atoms with Gasteiger partial charge in [0.2, 0.25) is 0 Å². The van der Waals surface area contributed by atoms with Crippen molar-refractivity contribution in [3.8, 4) is 5.75 Å². The lowest BCUT2D eigenvalue weighted by atomic mass is 10.2. The molecule has 1 aromatic rings. The molecule has 0 radical (unpaired) electrons. The number of anilines is 1. The monoisotopic (exact) mass is 313 g/mol. The van der Waals surface area contributed by atoms with Crippen LogP contribution in [0.25, 0.3) is 0 Å². The molecule has 6 nitrogen and oxygen atoms in total. The molecule has 1 aliphatic rings. The molecule has 1 aromatic carbocycles. The average molecular weight is 313 g/mol. The molecule has 0 bridgehead atoms. The maximum absolute atomic E-state index is 12.3. The number of rotatable bonds is 6. The van der Waals surface area contributed by atoms with E-state index in [9.17, 15) is 8.42 Å². The topological polar surface area (TPSA) is 84.7 Å². The normalized spacial score (nSPS) is 16.7. The largest absolute Gasteiger partial charge is 0.494 e. The molecular formula is C14H23N3O3S. The Hall–Kier alpha value is -1.31. The van der Waals surface area contributed by atoms with E-state index < -0.39 is 10.2 Å². The number of nitrogens with zero attached hydrogens (tertiary/aromatic N) is 1. The molecule has 118 valence electrons. The summed E-state index contributed by atoms with van der Waals surface area (Å²) in [6, 6.07) is 5.18. The average Bonchev–Trinajstić information content (AvgIpc) is 2.49. The summed E-state index contributed by atoms with van der Waals surface area (Å²) in [5.74, 6) is 0.695. The molecule has 0 saturated carbocycles. The van der Waals surface area contributed by atoms with Crippen LogP contribution in [0.4, 0.5) is 5.69 Å². The Balaban J connectivity index is 2.14. The molecule has 0 spiro atoms. The van der Waals surface area contributed by atoms with Gasteiger partial charge in [0.05, 0.1) is 12.3 Å². The fourth-order valence-corrected chi connectivity index (χ4v) is 3.71. The third-order valence-electron chi connectivity index (χ3n) is 3.48. The minimum absolute atomic E-state index is 0.300. The van der Waals surface area contributed by atoms with Crippen LogP contribution in [-0.4, -0.2) is 32.4 Å². The van der Waals surface area contributed by atoms with E-state index in [4.69, 9.17) is 10.5 Å². The van der Waals surface area contributed by atoms with Gasteiger partial charge in [-0.3, -0.25) is 4.72 Å². The molecule has 0 amide bonds. The smallest absolute Gasteiger partial charge is 0.301 e. The lowest BCUT2D eigenvalue weighted by molar-refractivity contribution is 0.336. The molecule has 1 aliphatic heterocycles. The fourth-order valence-electron chi connectivity index (χ4n) is 2.42. The van der Waals surface area contributed by atoms with Crippen LogP contribution >= 0.6 is 0 Å². The highest BCUT2D eigenvalue weighted by molar-refractivity contribution is 7.90. The fraction of sp³-hybridized carbons (Fsp3) is 0.571. The van der Waals surface area contributed by atoms with Crippen LogP contribution in [0.1, 0.15) is 31.7 Å². The van der Waals surface area contributed by atoms with Crippen molar-refractivity contribution in [3.05, 3.63) is 23.8 Å². The maximum Gasteiger partial charge on any atom is 0.301 e. The summed E-state index contributed by atoms with van der Waals surface area (Å²) in [7, 11) is -3.48. The summed E-state index contributed by atoms with van der Waals surface area (Å²) in [4.78, 5) is 0. The lowest BCUT2D eigenvalue weighted by Crippen LogP contribution is -2.39. The molecule has 3 N–H and O–H groups in total. The first-order valence-electron chi connectivity index (χ1n) is 7.30. The van der Waals surface area contributed by atoms with Crippen LogP contribution in [-0.2, 0) is 16.8 Å². The zero-order valence-electron chi connectivity index (χ0n) is 12.3. The van der Waals surface area contributed by atoms with E-state index in [1.165, 1.54) is 4.31 Å². The van der Waals surface area contributed by atoms with Gasteiger partial charge in [0.25, 0.3) is 0 Å². The van der Waals surface area contributed by atoms with Crippen molar-refractivity contribution in [3.63, 3.8) is 0 Å². The van der Waals surface area contributed by atoms with Gasteiger partial charge < -0.3 is 10.5 Å². The number of nitrogens with one attached hydrogen (secondary N) is 1. The molecule has 0 aliphatic carbocycles. The van der Waals surface area contributed by atoms with Gasteiger partial charge in [0, 0.05) is 25.2 Å². The van der Waals surface area contributed by atoms with E-state index in [0.717, 1.165) is 24.8 Å². The second-order valence-electron chi connectivity index (χ2n) is 5.03. The summed E-state index contributed by atoms with van der Waals surface area (Å²) < 4.78 is 34.2. The van der Waals surface area contributed by atoms with E-state index in [-0.39, 0.29) is 0 Å². The molecule has 2 rings (SSSR count). The van der Waals surface area contributed by atoms with Gasteiger partial charge in [0.1, 0.15) is 5.75 Å². The van der Waals surface area contributed by atoms with Gasteiger partial charge >= 0.3 is 10.2 Å². The highest BCUT2D eigenvalue weighted by Gasteiger charge is 2.23. The Morgan fingerprint density at radius 3 is 2.62 bits per heavy atom. The molecule has 0 aromatic heterocycles. The predicted molar refractivity (Wildman–Crippen MR) is 83.5 cm³/mol. The summed E-state index contributed by atoms with van der Waals surface area (Å²) >= 11 is 0. The number of benzene rings is 1. The first kappa shape index (κ1) is 16.1. The van der Waals surface area contributed by atoms with Crippen molar-refractivity contribution in [1.29, 1.82) is 0 Å². The molecule has 0 unspecified atom stereocenters. The SMILES string of the molecule is CCOc1ccc(NS(=O)(=O)N2CCCCC2)cc1CN. The molecule has 0 atom stereocenters. The highest BCUT2D eigenvalue weighted by atomic mass is 32.2. The summed E-state index contributed by atoms with van der Waals surface area (Å²) in [6.45, 7) is 3.90. The minimum atomic E-state index is -3.48. The summed E-state index contributed by atoms with van der Waals surface area (Å²) in [5.41, 5.74) is 6.99. The van der Waals surface area contributed by atoms with Gasteiger partial charge in [-0.1, -0.05) is 6.42 Å². The Morgan fingerprint density at radius 1 is 1.29 bits per heavy atom. The minimum Gasteiger partial charge on any atom is -0.494 e. The number of piperidine rings is 1. The van der Waals surface area contributed by atoms with Crippen molar-refractivity contribution in [1.82, 2.24) is 4.31 Å². The third kappa shape index (κ3) is 4.09. The van der Waals surface area contributed by atoms with Gasteiger partial charge in [-0.15, -0.1) is 0 Å². The Labute approximate surface area is 126 Å². The highest BCUT2D eigenvalue weighted by Crippen LogP contribution is 2.24. The van der Waals surface area contributed by atoms with Crippen molar-refractivity contribution in [2.45, 2.75) is 32.7 Å². The number of hydrogen-bond donors (Lipinski definition) is 2. The second kappa shape index (κ2) is 7.11. The van der Waals surface area contributed by atoms with Crippen LogP contribution in [0, 0.1) is 0 Å². The molecule has 1 saturated heterocycles. The summed E-state index contributed by atoms with van der Waals surface area (Å²) in [5, 5.41) is 0. The van der Waals surface area contributed by atoms with Crippen molar-refractivity contribution in [2.75, 3.05) is 24.4 Å². The standard InChI is InChI=1S/C14H23N3O3S/c1-2-20-14-7-6-13(10-12(14)11-15)16-21(18,19)17-8-4-3-5-9-17/h6-7,10,16H,2-5,8-9,11,15H2,1H3. The van der Waals surface area contributed by atoms with Gasteiger partial charge in [-0.25, -0.2) is 0 Å². The molecular weight excluding hydrogens is 290 g/mol. The van der Waals surface area contributed by atoms with Crippen molar-refractivity contribution in [2.24, 2.45) is 5.73 Å². The van der Waals surface area contributed by atoms with Gasteiger partial charge in [-0.05, 0) is 38.0 Å². The van der Waals surface area contributed by atoms with Crippen LogP contribution in [0.15, 0.2) is 18.2 Å². The van der Waals surface area contributed by atoms with Crippen LogP contribution in [0.5, 0.6) is 5.75 Å². The van der Waals surface area contributed by atoms with Gasteiger partial charge in [-0.2, -0.15) is 12.7 Å². The first-order valence-corrected chi connectivity index (χ1v) is 8.74. The number of nitrogens with two attached hydrogens (primary N) is 1. The van der Waals surface area contributed by atoms with E-state index in [1.807, 2.05) is 6.92 Å². The van der Waals surface area contributed by atoms with Crippen LogP contribution in [0.3, 0.4) is 0 Å². The Bertz CT molecular complexity index is 569. The Kier molecular flexibility index (Phi) is 5.44. The quantitative estimate of drug-likeness (QED) is 0.837. The molecule has 1 fully saturated rings. The van der Waals surface area contributed by atoms with E-state index in [0.29, 0.717) is 37.7 Å².